The van der Waals surface area contributed by atoms with Gasteiger partial charge in [0.05, 0.1) is 0 Å². The van der Waals surface area contributed by atoms with Gasteiger partial charge >= 0.3 is 0 Å². The highest BCUT2D eigenvalue weighted by molar-refractivity contribution is 7.99. The SMILES string of the molecule is CC1=Nn2c(C)nnc2SC1. The number of hydrogen-bond donors (Lipinski definition) is 0. The van der Waals surface area contributed by atoms with Crippen LogP contribution in [-0.2, 0) is 0 Å². The molecule has 1 aliphatic rings. The van der Waals surface area contributed by atoms with E-state index in [9.17, 15) is 0 Å². The van der Waals surface area contributed by atoms with Crippen molar-refractivity contribution >= 4 is 17.5 Å². The molecule has 0 unspecified atom stereocenters. The number of aryl methyl sites for hydroxylation is 1. The highest BCUT2D eigenvalue weighted by Crippen LogP contribution is 2.20. The molecular weight excluding hydrogens is 160 g/mol. The Morgan fingerprint density at radius 2 is 2.18 bits per heavy atom. The first-order valence-corrected chi connectivity index (χ1v) is 4.35. The Labute approximate surface area is 68.7 Å². The van der Waals surface area contributed by atoms with Crippen LogP contribution in [0.5, 0.6) is 0 Å². The molecule has 1 aliphatic heterocycles. The highest BCUT2D eigenvalue weighted by Gasteiger charge is 2.13. The van der Waals surface area contributed by atoms with E-state index in [0.717, 1.165) is 22.4 Å². The largest absolute Gasteiger partial charge is 0.212 e. The van der Waals surface area contributed by atoms with Crippen molar-refractivity contribution in [2.75, 3.05) is 5.75 Å². The summed E-state index contributed by atoms with van der Waals surface area (Å²) in [5.41, 5.74) is 1.12. The molecule has 0 amide bonds. The summed E-state index contributed by atoms with van der Waals surface area (Å²) in [6, 6.07) is 0. The lowest BCUT2D eigenvalue weighted by Gasteiger charge is -2.08. The fraction of sp³-hybridized carbons (Fsp3) is 0.500. The van der Waals surface area contributed by atoms with E-state index >= 15 is 0 Å². The van der Waals surface area contributed by atoms with Crippen LogP contribution in [0, 0.1) is 6.92 Å². The second-order valence-corrected chi connectivity index (χ2v) is 3.41. The van der Waals surface area contributed by atoms with Crippen LogP contribution >= 0.6 is 11.8 Å². The van der Waals surface area contributed by atoms with Crippen LogP contribution in [0.25, 0.3) is 0 Å². The van der Waals surface area contributed by atoms with Gasteiger partial charge in [-0.15, -0.1) is 10.2 Å². The lowest BCUT2D eigenvalue weighted by Crippen LogP contribution is -2.08. The summed E-state index contributed by atoms with van der Waals surface area (Å²) in [6.07, 6.45) is 0. The lowest BCUT2D eigenvalue weighted by atomic mass is 10.5. The Morgan fingerprint density at radius 3 is 3.00 bits per heavy atom. The number of aromatic nitrogens is 3. The van der Waals surface area contributed by atoms with Crippen molar-refractivity contribution in [3.8, 4) is 0 Å². The van der Waals surface area contributed by atoms with Crippen LogP contribution in [0.1, 0.15) is 12.7 Å². The summed E-state index contributed by atoms with van der Waals surface area (Å²) < 4.78 is 1.78. The first kappa shape index (κ1) is 6.84. The van der Waals surface area contributed by atoms with Crippen molar-refractivity contribution in [3.05, 3.63) is 5.82 Å². The molecule has 2 heterocycles. The maximum Gasteiger partial charge on any atom is 0.212 e. The van der Waals surface area contributed by atoms with Gasteiger partial charge < -0.3 is 0 Å². The quantitative estimate of drug-likeness (QED) is 0.578. The van der Waals surface area contributed by atoms with Gasteiger partial charge in [-0.1, -0.05) is 11.8 Å². The molecule has 0 spiro atoms. The Kier molecular flexibility index (Phi) is 1.45. The van der Waals surface area contributed by atoms with Crippen LogP contribution in [0.15, 0.2) is 10.3 Å². The second kappa shape index (κ2) is 2.34. The molecule has 5 heteroatoms. The Morgan fingerprint density at radius 1 is 1.36 bits per heavy atom. The molecule has 2 rings (SSSR count). The van der Waals surface area contributed by atoms with Crippen LogP contribution < -0.4 is 0 Å². The van der Waals surface area contributed by atoms with E-state index in [1.165, 1.54) is 0 Å². The Balaban J connectivity index is 2.55. The smallest absolute Gasteiger partial charge is 0.192 e. The van der Waals surface area contributed by atoms with Gasteiger partial charge in [0.1, 0.15) is 0 Å². The molecule has 0 atom stereocenters. The predicted molar refractivity (Wildman–Crippen MR) is 44.0 cm³/mol. The van der Waals surface area contributed by atoms with Crippen molar-refractivity contribution in [3.63, 3.8) is 0 Å². The van der Waals surface area contributed by atoms with Crippen molar-refractivity contribution in [2.45, 2.75) is 19.0 Å². The summed E-state index contributed by atoms with van der Waals surface area (Å²) in [7, 11) is 0. The third-order valence-electron chi connectivity index (χ3n) is 1.45. The molecule has 0 saturated heterocycles. The third-order valence-corrected chi connectivity index (χ3v) is 2.52. The molecule has 11 heavy (non-hydrogen) atoms. The fourth-order valence-corrected chi connectivity index (χ4v) is 1.70. The molecule has 0 aromatic carbocycles. The number of rotatable bonds is 0. The van der Waals surface area contributed by atoms with E-state index in [1.54, 1.807) is 16.4 Å². The third kappa shape index (κ3) is 1.05. The Hall–Kier alpha value is -0.840. The zero-order valence-corrected chi connectivity index (χ0v) is 7.22. The van der Waals surface area contributed by atoms with Crippen LogP contribution in [0.3, 0.4) is 0 Å². The van der Waals surface area contributed by atoms with E-state index in [4.69, 9.17) is 0 Å². The molecule has 0 bridgehead atoms. The van der Waals surface area contributed by atoms with Gasteiger partial charge in [0, 0.05) is 11.5 Å². The van der Waals surface area contributed by atoms with E-state index < -0.39 is 0 Å². The molecule has 0 saturated carbocycles. The molecule has 1 aromatic rings. The molecule has 0 fully saturated rings. The van der Waals surface area contributed by atoms with Gasteiger partial charge in [-0.3, -0.25) is 0 Å². The van der Waals surface area contributed by atoms with Crippen molar-refractivity contribution < 1.29 is 0 Å². The highest BCUT2D eigenvalue weighted by atomic mass is 32.2. The lowest BCUT2D eigenvalue weighted by molar-refractivity contribution is 0.733. The fourth-order valence-electron chi connectivity index (χ4n) is 0.912. The van der Waals surface area contributed by atoms with E-state index in [1.807, 2.05) is 13.8 Å². The first-order valence-electron chi connectivity index (χ1n) is 3.36. The zero-order chi connectivity index (χ0) is 7.84. The number of nitrogens with zero attached hydrogens (tertiary/aromatic N) is 4. The molecule has 0 N–H and O–H groups in total. The van der Waals surface area contributed by atoms with E-state index in [0.29, 0.717) is 0 Å². The maximum absolute atomic E-state index is 4.29. The summed E-state index contributed by atoms with van der Waals surface area (Å²) >= 11 is 1.68. The van der Waals surface area contributed by atoms with Crippen LogP contribution in [-0.4, -0.2) is 26.3 Å². The number of thioether (sulfide) groups is 1. The van der Waals surface area contributed by atoms with Gasteiger partial charge in [0.2, 0.25) is 5.16 Å². The minimum atomic E-state index is 0.853. The number of hydrogen-bond acceptors (Lipinski definition) is 4. The topological polar surface area (TPSA) is 43.1 Å². The summed E-state index contributed by atoms with van der Waals surface area (Å²) in [6.45, 7) is 3.91. The standard InChI is InChI=1S/C6H8N4S/c1-4-3-11-6-8-7-5(2)10(6)9-4/h3H2,1-2H3. The minimum Gasteiger partial charge on any atom is -0.192 e. The van der Waals surface area contributed by atoms with Crippen LogP contribution in [0.4, 0.5) is 0 Å². The molecule has 4 nitrogen and oxygen atoms in total. The average molecular weight is 168 g/mol. The van der Waals surface area contributed by atoms with E-state index in [-0.39, 0.29) is 0 Å². The Bertz CT molecular complexity index is 314. The van der Waals surface area contributed by atoms with Gasteiger partial charge in [0.15, 0.2) is 5.82 Å². The van der Waals surface area contributed by atoms with Crippen LogP contribution in [0.2, 0.25) is 0 Å². The first-order chi connectivity index (χ1) is 5.27. The van der Waals surface area contributed by atoms with Crippen molar-refractivity contribution in [1.29, 1.82) is 0 Å². The molecular formula is C6H8N4S. The van der Waals surface area contributed by atoms with Gasteiger partial charge in [-0.25, -0.2) is 0 Å². The molecule has 1 aromatic heterocycles. The summed E-state index contributed by atoms with van der Waals surface area (Å²) in [4.78, 5) is 0. The normalized spacial score (nSPS) is 16.0. The van der Waals surface area contributed by atoms with Crippen molar-refractivity contribution in [1.82, 2.24) is 14.9 Å². The monoisotopic (exact) mass is 168 g/mol. The van der Waals surface area contributed by atoms with E-state index in [2.05, 4.69) is 15.3 Å². The van der Waals surface area contributed by atoms with Crippen molar-refractivity contribution in [2.24, 2.45) is 5.10 Å². The second-order valence-electron chi connectivity index (χ2n) is 2.47. The summed E-state index contributed by atoms with van der Waals surface area (Å²) in [5, 5.41) is 13.1. The number of fused-ring (bicyclic) bond motifs is 1. The molecule has 0 radical (unpaired) electrons. The summed E-state index contributed by atoms with van der Waals surface area (Å²) in [5.74, 6) is 1.78. The average Bonchev–Trinajstić information content (AvgIpc) is 2.33. The molecule has 0 aliphatic carbocycles. The predicted octanol–water partition coefficient (Wildman–Crippen LogP) is 0.916. The molecule has 58 valence electrons. The minimum absolute atomic E-state index is 0.853. The van der Waals surface area contributed by atoms with Gasteiger partial charge in [-0.05, 0) is 13.8 Å². The maximum atomic E-state index is 4.29. The van der Waals surface area contributed by atoms with Gasteiger partial charge in [-0.2, -0.15) is 9.78 Å². The zero-order valence-electron chi connectivity index (χ0n) is 6.40. The van der Waals surface area contributed by atoms with Gasteiger partial charge in [0.25, 0.3) is 0 Å².